The highest BCUT2D eigenvalue weighted by molar-refractivity contribution is 5.82. The summed E-state index contributed by atoms with van der Waals surface area (Å²) >= 11 is 0. The van der Waals surface area contributed by atoms with Crippen molar-refractivity contribution >= 4 is 5.91 Å². The van der Waals surface area contributed by atoms with E-state index in [1.807, 2.05) is 0 Å². The van der Waals surface area contributed by atoms with Crippen LogP contribution in [0.5, 0.6) is 5.75 Å². The molecule has 0 aromatic heterocycles. The molecule has 1 atom stereocenters. The third-order valence-electron chi connectivity index (χ3n) is 2.10. The number of hydrogen-bond acceptors (Lipinski definition) is 3. The molecular weight excluding hydrogens is 206 g/mol. The molecule has 0 aliphatic carbocycles. The Morgan fingerprint density at radius 2 is 2.19 bits per heavy atom. The van der Waals surface area contributed by atoms with Gasteiger partial charge in [-0.2, -0.15) is 0 Å². The molecule has 2 N–H and O–H groups in total. The van der Waals surface area contributed by atoms with Gasteiger partial charge in [0.1, 0.15) is 5.75 Å². The maximum atomic E-state index is 11.4. The van der Waals surface area contributed by atoms with Crippen molar-refractivity contribution in [2.75, 3.05) is 13.7 Å². The normalized spacial score (nSPS) is 11.6. The average Bonchev–Trinajstić information content (AvgIpc) is 2.35. The summed E-state index contributed by atoms with van der Waals surface area (Å²) in [7, 11) is 1.56. The summed E-state index contributed by atoms with van der Waals surface area (Å²) in [6, 6.07) is 6.69. The molecule has 1 amide bonds. The van der Waals surface area contributed by atoms with Crippen LogP contribution in [0.3, 0.4) is 0 Å². The van der Waals surface area contributed by atoms with E-state index in [9.17, 15) is 9.90 Å². The first-order chi connectivity index (χ1) is 7.69. The summed E-state index contributed by atoms with van der Waals surface area (Å²) in [4.78, 5) is 11.4. The monoisotopic (exact) mass is 221 g/mol. The molecule has 0 heterocycles. The maximum absolute atomic E-state index is 11.4. The minimum atomic E-state index is -1.16. The number of nitrogens with one attached hydrogen (secondary N) is 1. The van der Waals surface area contributed by atoms with E-state index < -0.39 is 12.0 Å². The highest BCUT2D eigenvalue weighted by Gasteiger charge is 2.15. The Bertz CT molecular complexity index is 359. The summed E-state index contributed by atoms with van der Waals surface area (Å²) in [5, 5.41) is 12.2. The molecule has 0 aliphatic heterocycles. The third kappa shape index (κ3) is 3.10. The Balaban J connectivity index is 2.67. The lowest BCUT2D eigenvalue weighted by molar-refractivity contribution is -0.129. The van der Waals surface area contributed by atoms with Gasteiger partial charge < -0.3 is 15.2 Å². The van der Waals surface area contributed by atoms with Gasteiger partial charge >= 0.3 is 0 Å². The Labute approximate surface area is 94.6 Å². The fraction of sp³-hybridized carbons (Fsp3) is 0.250. The minimum Gasteiger partial charge on any atom is -0.497 e. The summed E-state index contributed by atoms with van der Waals surface area (Å²) < 4.78 is 4.98. The molecule has 86 valence electrons. The summed E-state index contributed by atoms with van der Waals surface area (Å²) in [6.45, 7) is 3.81. The molecule has 0 radical (unpaired) electrons. The van der Waals surface area contributed by atoms with E-state index in [1.54, 1.807) is 37.5 Å². The fourth-order valence-electron chi connectivity index (χ4n) is 1.21. The van der Waals surface area contributed by atoms with Crippen LogP contribution in [-0.4, -0.2) is 24.7 Å². The van der Waals surface area contributed by atoms with Crippen LogP contribution in [0.4, 0.5) is 0 Å². The first kappa shape index (κ1) is 12.3. The molecule has 4 nitrogen and oxygen atoms in total. The van der Waals surface area contributed by atoms with Crippen molar-refractivity contribution in [1.29, 1.82) is 0 Å². The van der Waals surface area contributed by atoms with Gasteiger partial charge in [-0.1, -0.05) is 18.2 Å². The molecule has 4 heteroatoms. The SMILES string of the molecule is C=CCNC(=O)C(O)c1ccc(OC)cc1. The van der Waals surface area contributed by atoms with Gasteiger partial charge in [0.2, 0.25) is 0 Å². The van der Waals surface area contributed by atoms with E-state index in [2.05, 4.69) is 11.9 Å². The van der Waals surface area contributed by atoms with Crippen LogP contribution in [-0.2, 0) is 4.79 Å². The van der Waals surface area contributed by atoms with E-state index in [-0.39, 0.29) is 0 Å². The van der Waals surface area contributed by atoms with Crippen LogP contribution >= 0.6 is 0 Å². The average molecular weight is 221 g/mol. The van der Waals surface area contributed by atoms with Crippen LogP contribution < -0.4 is 10.1 Å². The molecule has 0 bridgehead atoms. The fourth-order valence-corrected chi connectivity index (χ4v) is 1.21. The summed E-state index contributed by atoms with van der Waals surface area (Å²) in [6.07, 6.45) is 0.393. The maximum Gasteiger partial charge on any atom is 0.253 e. The number of ether oxygens (including phenoxy) is 1. The number of benzene rings is 1. The zero-order chi connectivity index (χ0) is 12.0. The van der Waals surface area contributed by atoms with Crippen LogP contribution in [0.25, 0.3) is 0 Å². The van der Waals surface area contributed by atoms with Gasteiger partial charge in [0.05, 0.1) is 7.11 Å². The highest BCUT2D eigenvalue weighted by Crippen LogP contribution is 2.17. The lowest BCUT2D eigenvalue weighted by atomic mass is 10.1. The number of carbonyl (C=O) groups excluding carboxylic acids is 1. The van der Waals surface area contributed by atoms with Crippen LogP contribution in [0.1, 0.15) is 11.7 Å². The number of rotatable bonds is 5. The van der Waals surface area contributed by atoms with Crippen molar-refractivity contribution in [2.24, 2.45) is 0 Å². The molecule has 16 heavy (non-hydrogen) atoms. The topological polar surface area (TPSA) is 58.6 Å². The number of aliphatic hydroxyl groups excluding tert-OH is 1. The molecule has 1 unspecified atom stereocenters. The molecule has 0 saturated carbocycles. The predicted molar refractivity (Wildman–Crippen MR) is 61.2 cm³/mol. The lowest BCUT2D eigenvalue weighted by Crippen LogP contribution is -2.29. The number of methoxy groups -OCH3 is 1. The zero-order valence-corrected chi connectivity index (χ0v) is 9.14. The number of carbonyl (C=O) groups is 1. The standard InChI is InChI=1S/C12H15NO3/c1-3-8-13-12(15)11(14)9-4-6-10(16-2)7-5-9/h3-7,11,14H,1,8H2,2H3,(H,13,15). The molecule has 0 spiro atoms. The first-order valence-corrected chi connectivity index (χ1v) is 4.89. The van der Waals surface area contributed by atoms with Crippen molar-refractivity contribution in [3.8, 4) is 5.75 Å². The number of aliphatic hydroxyl groups is 1. The van der Waals surface area contributed by atoms with Crippen LogP contribution in [0, 0.1) is 0 Å². The predicted octanol–water partition coefficient (Wildman–Crippen LogP) is 1.03. The third-order valence-corrected chi connectivity index (χ3v) is 2.10. The zero-order valence-electron chi connectivity index (χ0n) is 9.14. The minimum absolute atomic E-state index is 0.339. The first-order valence-electron chi connectivity index (χ1n) is 4.89. The lowest BCUT2D eigenvalue weighted by Gasteiger charge is -2.11. The quantitative estimate of drug-likeness (QED) is 0.730. The van der Waals surface area contributed by atoms with Crippen LogP contribution in [0.2, 0.25) is 0 Å². The van der Waals surface area contributed by atoms with E-state index in [0.29, 0.717) is 17.9 Å². The van der Waals surface area contributed by atoms with Gasteiger partial charge in [-0.3, -0.25) is 4.79 Å². The van der Waals surface area contributed by atoms with Crippen molar-refractivity contribution in [2.45, 2.75) is 6.10 Å². The van der Waals surface area contributed by atoms with Gasteiger partial charge in [0.25, 0.3) is 5.91 Å². The van der Waals surface area contributed by atoms with Gasteiger partial charge in [-0.25, -0.2) is 0 Å². The summed E-state index contributed by atoms with van der Waals surface area (Å²) in [5.74, 6) is 0.243. The molecule has 0 fully saturated rings. The molecule has 1 aromatic rings. The second-order valence-corrected chi connectivity index (χ2v) is 3.21. The van der Waals surface area contributed by atoms with Crippen molar-refractivity contribution < 1.29 is 14.6 Å². The molecule has 1 rings (SSSR count). The van der Waals surface area contributed by atoms with E-state index in [4.69, 9.17) is 4.74 Å². The van der Waals surface area contributed by atoms with E-state index in [1.165, 1.54) is 0 Å². The Morgan fingerprint density at radius 3 is 2.69 bits per heavy atom. The second kappa shape index (κ2) is 5.92. The van der Waals surface area contributed by atoms with Gasteiger partial charge in [0.15, 0.2) is 6.10 Å². The number of amides is 1. The molecule has 0 aliphatic rings. The van der Waals surface area contributed by atoms with Crippen LogP contribution in [0.15, 0.2) is 36.9 Å². The van der Waals surface area contributed by atoms with Crippen molar-refractivity contribution in [3.05, 3.63) is 42.5 Å². The Morgan fingerprint density at radius 1 is 1.56 bits per heavy atom. The second-order valence-electron chi connectivity index (χ2n) is 3.21. The Kier molecular flexibility index (Phi) is 4.54. The highest BCUT2D eigenvalue weighted by atomic mass is 16.5. The van der Waals surface area contributed by atoms with Crippen molar-refractivity contribution in [1.82, 2.24) is 5.32 Å². The largest absolute Gasteiger partial charge is 0.497 e. The van der Waals surface area contributed by atoms with E-state index in [0.717, 1.165) is 0 Å². The van der Waals surface area contributed by atoms with Gasteiger partial charge in [-0.05, 0) is 17.7 Å². The smallest absolute Gasteiger partial charge is 0.253 e. The van der Waals surface area contributed by atoms with Gasteiger partial charge in [-0.15, -0.1) is 6.58 Å². The molecule has 0 saturated heterocycles. The van der Waals surface area contributed by atoms with Crippen molar-refractivity contribution in [3.63, 3.8) is 0 Å². The molecular formula is C12H15NO3. The number of hydrogen-bond donors (Lipinski definition) is 2. The Hall–Kier alpha value is -1.81. The van der Waals surface area contributed by atoms with Gasteiger partial charge in [0, 0.05) is 6.54 Å². The summed E-state index contributed by atoms with van der Waals surface area (Å²) in [5.41, 5.74) is 0.530. The molecule has 1 aromatic carbocycles. The van der Waals surface area contributed by atoms with E-state index >= 15 is 0 Å².